The van der Waals surface area contributed by atoms with Crippen LogP contribution in [-0.2, 0) is 18.9 Å². The summed E-state index contributed by atoms with van der Waals surface area (Å²) in [6, 6.07) is 10.3. The van der Waals surface area contributed by atoms with Crippen LogP contribution in [0.25, 0.3) is 0 Å². The van der Waals surface area contributed by atoms with Gasteiger partial charge in [0.25, 0.3) is 0 Å². The topological polar surface area (TPSA) is 236 Å². The van der Waals surface area contributed by atoms with E-state index in [1.807, 2.05) is 0 Å². The fraction of sp³-hybridized carbons (Fsp3) is 0.625. The fourth-order valence-corrected chi connectivity index (χ4v) is 6.73. The van der Waals surface area contributed by atoms with Crippen LogP contribution in [0.3, 0.4) is 0 Å². The second kappa shape index (κ2) is 14.6. The lowest BCUT2D eigenvalue weighted by Crippen LogP contribution is -2.60. The molecular formula is C32H42O16. The Kier molecular flexibility index (Phi) is 10.6. The van der Waals surface area contributed by atoms with Gasteiger partial charge >= 0.3 is 0 Å². The van der Waals surface area contributed by atoms with Crippen LogP contribution in [0.5, 0.6) is 23.0 Å². The molecule has 0 bridgehead atoms. The predicted molar refractivity (Wildman–Crippen MR) is 159 cm³/mol. The summed E-state index contributed by atoms with van der Waals surface area (Å²) in [5.74, 6) is 0.997. The quantitative estimate of drug-likeness (QED) is 0.137. The molecule has 4 fully saturated rings. The first-order chi connectivity index (χ1) is 23.1. The van der Waals surface area contributed by atoms with Crippen molar-refractivity contribution in [2.45, 2.75) is 73.6 Å². The standard InChI is InChI=1S/C32H42O16/c1-41-19-7-13(3-5-17(19)45-31-27(39)25(37)23(35)21(9-33)47-31)29-15-11-44-30(16(15)12-43-29)14-4-6-18(20(8-14)42-2)46-32-28(40)26(38)24(36)22(10-34)48-32/h3-8,15-16,21-40H,9-12H2,1-2H3/t15-,16+,21-,22-,23+,24+,25-,26-,27-,28-,29+,30-,31-,32-/m1/s1. The van der Waals surface area contributed by atoms with Gasteiger partial charge in [0.2, 0.25) is 12.6 Å². The lowest BCUT2D eigenvalue weighted by molar-refractivity contribution is -0.277. The van der Waals surface area contributed by atoms with Crippen LogP contribution in [0.2, 0.25) is 0 Å². The van der Waals surface area contributed by atoms with Gasteiger partial charge in [-0.3, -0.25) is 0 Å². The Morgan fingerprint density at radius 2 is 0.958 bits per heavy atom. The van der Waals surface area contributed by atoms with Gasteiger partial charge in [-0.15, -0.1) is 0 Å². The van der Waals surface area contributed by atoms with Crippen LogP contribution in [0.15, 0.2) is 36.4 Å². The summed E-state index contributed by atoms with van der Waals surface area (Å²) < 4.78 is 46.1. The number of rotatable bonds is 10. The minimum absolute atomic E-state index is 0.0204. The van der Waals surface area contributed by atoms with Crippen molar-refractivity contribution in [3.05, 3.63) is 47.5 Å². The highest BCUT2D eigenvalue weighted by Crippen LogP contribution is 2.52. The Bertz CT molecular complexity index is 1290. The highest BCUT2D eigenvalue weighted by molar-refractivity contribution is 5.46. The molecule has 0 aliphatic carbocycles. The summed E-state index contributed by atoms with van der Waals surface area (Å²) in [5.41, 5.74) is 1.59. The van der Waals surface area contributed by atoms with Crippen molar-refractivity contribution in [1.29, 1.82) is 0 Å². The van der Waals surface area contributed by atoms with Crippen molar-refractivity contribution in [2.24, 2.45) is 11.8 Å². The maximum atomic E-state index is 10.4. The van der Waals surface area contributed by atoms with Crippen LogP contribution in [0, 0.1) is 11.8 Å². The number of aliphatic hydroxyl groups is 8. The molecule has 0 radical (unpaired) electrons. The second-order valence-electron chi connectivity index (χ2n) is 12.3. The van der Waals surface area contributed by atoms with E-state index in [2.05, 4.69) is 0 Å². The van der Waals surface area contributed by atoms with Gasteiger partial charge < -0.3 is 78.7 Å². The Labute approximate surface area is 275 Å². The van der Waals surface area contributed by atoms with Gasteiger partial charge in [-0.25, -0.2) is 0 Å². The van der Waals surface area contributed by atoms with Crippen molar-refractivity contribution in [2.75, 3.05) is 40.6 Å². The molecule has 16 nitrogen and oxygen atoms in total. The maximum absolute atomic E-state index is 10.4. The molecule has 0 aromatic heterocycles. The number of hydrogen-bond donors (Lipinski definition) is 8. The fourth-order valence-electron chi connectivity index (χ4n) is 6.73. The molecule has 2 aromatic rings. The molecule has 4 saturated heterocycles. The van der Waals surface area contributed by atoms with Crippen LogP contribution >= 0.6 is 0 Å². The SMILES string of the molecule is COc1cc([C@H]2OC[C@@H]3[C@@H]2CO[C@H]3c2ccc(O[C@@H]3O[C@H](CO)[C@H](O)[C@@H](O)[C@H]3O)c(OC)c2)ccc1O[C@@H]1O[C@H](CO)[C@H](O)[C@@H](O)[C@H]1O. The summed E-state index contributed by atoms with van der Waals surface area (Å²) in [4.78, 5) is 0. The summed E-state index contributed by atoms with van der Waals surface area (Å²) in [6.07, 6.45) is -15.0. The smallest absolute Gasteiger partial charge is 0.229 e. The molecule has 8 N–H and O–H groups in total. The van der Waals surface area contributed by atoms with E-state index in [0.717, 1.165) is 11.1 Å². The van der Waals surface area contributed by atoms with Crippen molar-refractivity contribution in [3.63, 3.8) is 0 Å². The number of benzene rings is 2. The molecule has 48 heavy (non-hydrogen) atoms. The minimum atomic E-state index is -1.59. The third kappa shape index (κ3) is 6.44. The zero-order valence-electron chi connectivity index (χ0n) is 26.2. The number of fused-ring (bicyclic) bond motifs is 1. The Morgan fingerprint density at radius 1 is 0.562 bits per heavy atom. The van der Waals surface area contributed by atoms with Gasteiger partial charge in [0, 0.05) is 11.8 Å². The van der Waals surface area contributed by atoms with Gasteiger partial charge in [-0.1, -0.05) is 12.1 Å². The second-order valence-corrected chi connectivity index (χ2v) is 12.3. The largest absolute Gasteiger partial charge is 0.493 e. The highest BCUT2D eigenvalue weighted by atomic mass is 16.7. The first-order valence-corrected chi connectivity index (χ1v) is 15.6. The molecule has 4 heterocycles. The van der Waals surface area contributed by atoms with E-state index in [9.17, 15) is 40.9 Å². The van der Waals surface area contributed by atoms with Gasteiger partial charge in [0.15, 0.2) is 23.0 Å². The summed E-state index contributed by atoms with van der Waals surface area (Å²) >= 11 is 0. The van der Waals surface area contributed by atoms with Crippen LogP contribution in [0.4, 0.5) is 0 Å². The van der Waals surface area contributed by atoms with Crippen molar-refractivity contribution in [3.8, 4) is 23.0 Å². The van der Waals surface area contributed by atoms with Crippen LogP contribution < -0.4 is 18.9 Å². The number of methoxy groups -OCH3 is 2. The average molecular weight is 683 g/mol. The van der Waals surface area contributed by atoms with Gasteiger partial charge in [0.1, 0.15) is 48.8 Å². The molecule has 266 valence electrons. The lowest BCUT2D eigenvalue weighted by Gasteiger charge is -2.39. The zero-order chi connectivity index (χ0) is 34.3. The Hall–Kier alpha value is -2.84. The monoisotopic (exact) mass is 682 g/mol. The van der Waals surface area contributed by atoms with Crippen LogP contribution in [-0.4, -0.2) is 143 Å². The first-order valence-electron chi connectivity index (χ1n) is 15.6. The van der Waals surface area contributed by atoms with E-state index in [-0.39, 0.29) is 35.5 Å². The normalized spacial score (nSPS) is 39.5. The highest BCUT2D eigenvalue weighted by Gasteiger charge is 2.49. The zero-order valence-corrected chi connectivity index (χ0v) is 26.2. The molecule has 14 atom stereocenters. The van der Waals surface area contributed by atoms with E-state index < -0.39 is 74.6 Å². The molecule has 4 aliphatic heterocycles. The van der Waals surface area contributed by atoms with Crippen molar-refractivity contribution in [1.82, 2.24) is 0 Å². The summed E-state index contributed by atoms with van der Waals surface area (Å²) in [7, 11) is 2.90. The molecule has 2 aromatic carbocycles. The number of hydrogen-bond acceptors (Lipinski definition) is 16. The van der Waals surface area contributed by atoms with E-state index in [0.29, 0.717) is 24.7 Å². The summed E-state index contributed by atoms with van der Waals surface area (Å²) in [5, 5.41) is 80.1. The molecule has 0 saturated carbocycles. The van der Waals surface area contributed by atoms with Gasteiger partial charge in [-0.05, 0) is 35.4 Å². The third-order valence-corrected chi connectivity index (χ3v) is 9.48. The average Bonchev–Trinajstić information content (AvgIpc) is 3.72. The van der Waals surface area contributed by atoms with E-state index in [1.165, 1.54) is 14.2 Å². The molecule has 0 amide bonds. The molecule has 0 unspecified atom stereocenters. The van der Waals surface area contributed by atoms with Crippen molar-refractivity contribution >= 4 is 0 Å². The molecular weight excluding hydrogens is 640 g/mol. The van der Waals surface area contributed by atoms with Gasteiger partial charge in [0.05, 0.1) is 52.9 Å². The Morgan fingerprint density at radius 3 is 1.31 bits per heavy atom. The van der Waals surface area contributed by atoms with Crippen molar-refractivity contribution < 1.29 is 78.7 Å². The van der Waals surface area contributed by atoms with E-state index in [4.69, 9.17) is 37.9 Å². The summed E-state index contributed by atoms with van der Waals surface area (Å²) in [6.45, 7) is -0.371. The lowest BCUT2D eigenvalue weighted by atomic mass is 9.85. The van der Waals surface area contributed by atoms with E-state index in [1.54, 1.807) is 36.4 Å². The third-order valence-electron chi connectivity index (χ3n) is 9.48. The molecule has 4 aliphatic rings. The maximum Gasteiger partial charge on any atom is 0.229 e. The van der Waals surface area contributed by atoms with Gasteiger partial charge in [-0.2, -0.15) is 0 Å². The molecule has 0 spiro atoms. The number of ether oxygens (including phenoxy) is 8. The number of aliphatic hydroxyl groups excluding tert-OH is 8. The molecule has 16 heteroatoms. The van der Waals surface area contributed by atoms with E-state index >= 15 is 0 Å². The minimum Gasteiger partial charge on any atom is -0.493 e. The predicted octanol–water partition coefficient (Wildman–Crippen LogP) is -1.86. The first kappa shape index (κ1) is 35.0. The molecule has 6 rings (SSSR count). The van der Waals surface area contributed by atoms with Crippen LogP contribution in [0.1, 0.15) is 23.3 Å². The Balaban J connectivity index is 1.14.